The van der Waals surface area contributed by atoms with Gasteiger partial charge in [-0.15, -0.1) is 0 Å². The van der Waals surface area contributed by atoms with Crippen molar-refractivity contribution in [3.05, 3.63) is 46.2 Å². The Hall–Kier alpha value is -1.45. The molecule has 1 aliphatic heterocycles. The zero-order chi connectivity index (χ0) is 12.8. The molecule has 1 fully saturated rings. The monoisotopic (exact) mass is 271 g/mol. The molecule has 1 aromatic heterocycles. The van der Waals surface area contributed by atoms with Crippen LogP contribution in [0.25, 0.3) is 11.4 Å². The van der Waals surface area contributed by atoms with Gasteiger partial charge in [0.1, 0.15) is 0 Å². The summed E-state index contributed by atoms with van der Waals surface area (Å²) in [5.41, 5.74) is 4.74. The third kappa shape index (κ3) is 2.03. The summed E-state index contributed by atoms with van der Waals surface area (Å²) in [6.45, 7) is 1.77. The van der Waals surface area contributed by atoms with Gasteiger partial charge in [0.15, 0.2) is 5.82 Å². The molecule has 1 aliphatic carbocycles. The first-order valence-electron chi connectivity index (χ1n) is 6.67. The maximum absolute atomic E-state index is 6.06. The van der Waals surface area contributed by atoms with E-state index in [4.69, 9.17) is 21.6 Å². The van der Waals surface area contributed by atoms with Gasteiger partial charge in [-0.1, -0.05) is 23.7 Å². The van der Waals surface area contributed by atoms with Crippen LogP contribution in [-0.2, 0) is 13.1 Å². The Bertz CT molecular complexity index is 650. The van der Waals surface area contributed by atoms with Gasteiger partial charge < -0.3 is 5.32 Å². The topological polar surface area (TPSA) is 37.8 Å². The molecule has 96 valence electrons. The van der Waals surface area contributed by atoms with E-state index < -0.39 is 0 Å². The molecule has 1 N–H and O–H groups in total. The molecule has 2 heterocycles. The predicted octanol–water partition coefficient (Wildman–Crippen LogP) is 3.28. The van der Waals surface area contributed by atoms with Gasteiger partial charge in [0.05, 0.1) is 11.4 Å². The normalized spacial score (nSPS) is 17.5. The molecule has 0 saturated heterocycles. The summed E-state index contributed by atoms with van der Waals surface area (Å²) in [5, 5.41) is 4.10. The maximum Gasteiger partial charge on any atom is 0.159 e. The summed E-state index contributed by atoms with van der Waals surface area (Å²) in [7, 11) is 0. The highest BCUT2D eigenvalue weighted by atomic mass is 35.5. The van der Waals surface area contributed by atoms with Crippen LogP contribution >= 0.6 is 11.6 Å². The molecule has 1 saturated carbocycles. The molecular formula is C15H14ClN3. The average Bonchev–Trinajstić information content (AvgIpc) is 3.15. The Morgan fingerprint density at radius 3 is 2.84 bits per heavy atom. The van der Waals surface area contributed by atoms with E-state index in [0.717, 1.165) is 35.2 Å². The second-order valence-electron chi connectivity index (χ2n) is 5.25. The quantitative estimate of drug-likeness (QED) is 0.911. The lowest BCUT2D eigenvalue weighted by molar-refractivity contribution is 0.755. The van der Waals surface area contributed by atoms with E-state index >= 15 is 0 Å². The van der Waals surface area contributed by atoms with Crippen molar-refractivity contribution in [3.63, 3.8) is 0 Å². The largest absolute Gasteiger partial charge is 0.307 e. The van der Waals surface area contributed by atoms with Crippen LogP contribution < -0.4 is 5.32 Å². The second-order valence-corrected chi connectivity index (χ2v) is 5.68. The molecule has 0 bridgehead atoms. The lowest BCUT2D eigenvalue weighted by Crippen LogP contribution is -2.02. The van der Waals surface area contributed by atoms with Gasteiger partial charge >= 0.3 is 0 Å². The number of rotatable bonds is 2. The van der Waals surface area contributed by atoms with E-state index in [9.17, 15) is 0 Å². The Morgan fingerprint density at radius 1 is 1.16 bits per heavy atom. The van der Waals surface area contributed by atoms with Crippen LogP contribution in [-0.4, -0.2) is 9.97 Å². The fourth-order valence-electron chi connectivity index (χ4n) is 2.65. The number of hydrogen-bond donors (Lipinski definition) is 1. The van der Waals surface area contributed by atoms with Crippen LogP contribution in [0.4, 0.5) is 0 Å². The third-order valence-electron chi connectivity index (χ3n) is 3.77. The van der Waals surface area contributed by atoms with E-state index in [1.54, 1.807) is 0 Å². The Kier molecular flexibility index (Phi) is 2.57. The lowest BCUT2D eigenvalue weighted by atomic mass is 10.1. The summed E-state index contributed by atoms with van der Waals surface area (Å²) in [6, 6.07) is 7.78. The van der Waals surface area contributed by atoms with Crippen LogP contribution in [0.5, 0.6) is 0 Å². The van der Waals surface area contributed by atoms with Gasteiger partial charge in [0, 0.05) is 35.2 Å². The first kappa shape index (κ1) is 11.4. The van der Waals surface area contributed by atoms with E-state index in [1.807, 2.05) is 24.3 Å². The lowest BCUT2D eigenvalue weighted by Gasteiger charge is -2.09. The standard InChI is InChI=1S/C15H14ClN3/c16-11-3-1-2-10(6-11)15-18-13-8-17-7-12(13)14(19-15)9-4-5-9/h1-3,6,9,17H,4-5,7-8H2. The molecule has 0 radical (unpaired) electrons. The number of halogens is 1. The number of nitrogens with zero attached hydrogens (tertiary/aromatic N) is 2. The summed E-state index contributed by atoms with van der Waals surface area (Å²) in [6.07, 6.45) is 2.52. The molecular weight excluding hydrogens is 258 g/mol. The van der Waals surface area contributed by atoms with E-state index in [0.29, 0.717) is 5.92 Å². The molecule has 0 atom stereocenters. The van der Waals surface area contributed by atoms with Gasteiger partial charge in [-0.05, 0) is 25.0 Å². The van der Waals surface area contributed by atoms with Crippen LogP contribution in [0.1, 0.15) is 35.7 Å². The molecule has 2 aliphatic rings. The highest BCUT2D eigenvalue weighted by Gasteiger charge is 2.31. The second kappa shape index (κ2) is 4.29. The number of aromatic nitrogens is 2. The van der Waals surface area contributed by atoms with Gasteiger partial charge in [0.2, 0.25) is 0 Å². The highest BCUT2D eigenvalue weighted by molar-refractivity contribution is 6.30. The molecule has 1 aromatic carbocycles. The highest BCUT2D eigenvalue weighted by Crippen LogP contribution is 2.42. The van der Waals surface area contributed by atoms with Crippen molar-refractivity contribution in [2.75, 3.05) is 0 Å². The zero-order valence-corrected chi connectivity index (χ0v) is 11.2. The predicted molar refractivity (Wildman–Crippen MR) is 75.0 cm³/mol. The van der Waals surface area contributed by atoms with E-state index in [2.05, 4.69) is 5.32 Å². The molecule has 3 nitrogen and oxygen atoms in total. The van der Waals surface area contributed by atoms with E-state index in [-0.39, 0.29) is 0 Å². The fraction of sp³-hybridized carbons (Fsp3) is 0.333. The minimum Gasteiger partial charge on any atom is -0.307 e. The third-order valence-corrected chi connectivity index (χ3v) is 4.00. The molecule has 4 heteroatoms. The summed E-state index contributed by atoms with van der Waals surface area (Å²) >= 11 is 6.06. The number of hydrogen-bond acceptors (Lipinski definition) is 3. The van der Waals surface area contributed by atoms with Crippen molar-refractivity contribution in [2.24, 2.45) is 0 Å². The van der Waals surface area contributed by atoms with Crippen LogP contribution in [0.15, 0.2) is 24.3 Å². The van der Waals surface area contributed by atoms with Crippen LogP contribution in [0, 0.1) is 0 Å². The van der Waals surface area contributed by atoms with E-state index in [1.165, 1.54) is 24.1 Å². The van der Waals surface area contributed by atoms with Gasteiger partial charge in [-0.2, -0.15) is 0 Å². The first-order valence-corrected chi connectivity index (χ1v) is 7.05. The molecule has 0 spiro atoms. The molecule has 2 aromatic rings. The maximum atomic E-state index is 6.06. The molecule has 4 rings (SSSR count). The number of nitrogens with one attached hydrogen (secondary N) is 1. The molecule has 0 unspecified atom stereocenters. The first-order chi connectivity index (χ1) is 9.31. The molecule has 19 heavy (non-hydrogen) atoms. The van der Waals surface area contributed by atoms with Crippen molar-refractivity contribution in [2.45, 2.75) is 31.8 Å². The van der Waals surface area contributed by atoms with Gasteiger partial charge in [-0.25, -0.2) is 9.97 Å². The van der Waals surface area contributed by atoms with Crippen LogP contribution in [0.3, 0.4) is 0 Å². The summed E-state index contributed by atoms with van der Waals surface area (Å²) in [4.78, 5) is 9.51. The Balaban J connectivity index is 1.87. The Morgan fingerprint density at radius 2 is 2.05 bits per heavy atom. The van der Waals surface area contributed by atoms with Crippen molar-refractivity contribution in [1.82, 2.24) is 15.3 Å². The van der Waals surface area contributed by atoms with Crippen molar-refractivity contribution < 1.29 is 0 Å². The van der Waals surface area contributed by atoms with Crippen molar-refractivity contribution in [3.8, 4) is 11.4 Å². The SMILES string of the molecule is Clc1cccc(-c2nc3c(c(C4CC4)n2)CNC3)c1. The van der Waals surface area contributed by atoms with Gasteiger partial charge in [-0.3, -0.25) is 0 Å². The minimum absolute atomic E-state index is 0.648. The number of benzene rings is 1. The van der Waals surface area contributed by atoms with Crippen molar-refractivity contribution >= 4 is 11.6 Å². The number of fused-ring (bicyclic) bond motifs is 1. The fourth-order valence-corrected chi connectivity index (χ4v) is 2.84. The summed E-state index contributed by atoms with van der Waals surface area (Å²) in [5.74, 6) is 1.46. The minimum atomic E-state index is 0.648. The summed E-state index contributed by atoms with van der Waals surface area (Å²) < 4.78 is 0. The van der Waals surface area contributed by atoms with Crippen molar-refractivity contribution in [1.29, 1.82) is 0 Å². The zero-order valence-electron chi connectivity index (χ0n) is 10.5. The Labute approximate surface area is 117 Å². The average molecular weight is 272 g/mol. The smallest absolute Gasteiger partial charge is 0.159 e. The van der Waals surface area contributed by atoms with Gasteiger partial charge in [0.25, 0.3) is 0 Å². The molecule has 0 amide bonds. The van der Waals surface area contributed by atoms with Crippen LogP contribution in [0.2, 0.25) is 5.02 Å².